The first-order chi connectivity index (χ1) is 9.23. The molecule has 112 valence electrons. The van der Waals surface area contributed by atoms with Crippen LogP contribution in [-0.4, -0.2) is 25.3 Å². The van der Waals surface area contributed by atoms with Crippen molar-refractivity contribution in [3.63, 3.8) is 0 Å². The highest BCUT2D eigenvalue weighted by Gasteiger charge is 2.17. The molecule has 1 rings (SSSR count). The molecule has 1 atom stereocenters. The summed E-state index contributed by atoms with van der Waals surface area (Å²) < 4.78 is 11.2. The van der Waals surface area contributed by atoms with Crippen molar-refractivity contribution in [2.45, 2.75) is 32.4 Å². The lowest BCUT2D eigenvalue weighted by atomic mass is 10.1. The van der Waals surface area contributed by atoms with Crippen molar-refractivity contribution in [2.75, 3.05) is 13.7 Å². The van der Waals surface area contributed by atoms with E-state index >= 15 is 0 Å². The van der Waals surface area contributed by atoms with Crippen LogP contribution >= 0.6 is 15.9 Å². The molecule has 6 heteroatoms. The van der Waals surface area contributed by atoms with Crippen molar-refractivity contribution in [1.29, 1.82) is 0 Å². The standard InChI is InChI=1S/C14H21BrN2O3/c1-14(2,3)20-13(18)17-8-11(16)9-5-6-10(15)12(7-9)19-4/h5-7,11H,8,16H2,1-4H3,(H,17,18). The predicted molar refractivity (Wildman–Crippen MR) is 81.9 cm³/mol. The SMILES string of the molecule is COc1cc(C(N)CNC(=O)OC(C)(C)C)ccc1Br. The fourth-order valence-electron chi connectivity index (χ4n) is 1.53. The number of alkyl carbamates (subject to hydrolysis) is 1. The third kappa shape index (κ3) is 5.38. The molecule has 0 aliphatic rings. The van der Waals surface area contributed by atoms with Gasteiger partial charge >= 0.3 is 6.09 Å². The molecule has 20 heavy (non-hydrogen) atoms. The van der Waals surface area contributed by atoms with Crippen molar-refractivity contribution in [1.82, 2.24) is 5.32 Å². The molecule has 0 saturated carbocycles. The molecular formula is C14H21BrN2O3. The third-order valence-electron chi connectivity index (χ3n) is 2.47. The molecule has 0 fully saturated rings. The molecule has 1 amide bonds. The topological polar surface area (TPSA) is 73.6 Å². The van der Waals surface area contributed by atoms with Crippen LogP contribution in [0.4, 0.5) is 4.79 Å². The van der Waals surface area contributed by atoms with Gasteiger partial charge in [-0.15, -0.1) is 0 Å². The maximum atomic E-state index is 11.6. The van der Waals surface area contributed by atoms with Gasteiger partial charge in [0.25, 0.3) is 0 Å². The van der Waals surface area contributed by atoms with Gasteiger partial charge in [0.15, 0.2) is 0 Å². The average Bonchev–Trinajstić information content (AvgIpc) is 2.34. The second-order valence-corrected chi connectivity index (χ2v) is 6.24. The van der Waals surface area contributed by atoms with Gasteiger partial charge in [0.05, 0.1) is 11.6 Å². The first kappa shape index (κ1) is 16.8. The van der Waals surface area contributed by atoms with Gasteiger partial charge in [-0.05, 0) is 54.4 Å². The first-order valence-corrected chi connectivity index (χ1v) is 7.08. The summed E-state index contributed by atoms with van der Waals surface area (Å²) >= 11 is 3.38. The Bertz CT molecular complexity index is 472. The van der Waals surface area contributed by atoms with Crippen LogP contribution in [-0.2, 0) is 4.74 Å². The number of halogens is 1. The first-order valence-electron chi connectivity index (χ1n) is 6.29. The molecule has 0 heterocycles. The lowest BCUT2D eigenvalue weighted by molar-refractivity contribution is 0.0524. The zero-order valence-corrected chi connectivity index (χ0v) is 13.8. The van der Waals surface area contributed by atoms with Crippen molar-refractivity contribution in [3.05, 3.63) is 28.2 Å². The molecule has 1 aromatic carbocycles. The van der Waals surface area contributed by atoms with Crippen molar-refractivity contribution >= 4 is 22.0 Å². The van der Waals surface area contributed by atoms with Crippen molar-refractivity contribution < 1.29 is 14.3 Å². The monoisotopic (exact) mass is 344 g/mol. The summed E-state index contributed by atoms with van der Waals surface area (Å²) in [7, 11) is 1.59. The zero-order chi connectivity index (χ0) is 15.3. The van der Waals surface area contributed by atoms with E-state index in [1.54, 1.807) is 7.11 Å². The van der Waals surface area contributed by atoms with E-state index in [-0.39, 0.29) is 6.04 Å². The minimum absolute atomic E-state index is 0.291. The number of nitrogens with two attached hydrogens (primary N) is 1. The van der Waals surface area contributed by atoms with E-state index in [2.05, 4.69) is 21.2 Å². The normalized spacial score (nSPS) is 12.7. The Labute approximate surface area is 127 Å². The number of rotatable bonds is 4. The van der Waals surface area contributed by atoms with Crippen LogP contribution in [0.2, 0.25) is 0 Å². The van der Waals surface area contributed by atoms with Gasteiger partial charge in [-0.3, -0.25) is 0 Å². The largest absolute Gasteiger partial charge is 0.496 e. The Hall–Kier alpha value is -1.27. The van der Waals surface area contributed by atoms with Crippen LogP contribution in [0.5, 0.6) is 5.75 Å². The second kappa shape index (κ2) is 6.95. The Morgan fingerprint density at radius 3 is 2.65 bits per heavy atom. The van der Waals surface area contributed by atoms with Crippen LogP contribution < -0.4 is 15.8 Å². The lowest BCUT2D eigenvalue weighted by Crippen LogP contribution is -2.36. The molecule has 0 aliphatic heterocycles. The van der Waals surface area contributed by atoms with Gasteiger partial charge in [-0.25, -0.2) is 4.79 Å². The minimum atomic E-state index is -0.519. The van der Waals surface area contributed by atoms with Crippen LogP contribution in [0, 0.1) is 0 Å². The van der Waals surface area contributed by atoms with E-state index in [0.29, 0.717) is 12.3 Å². The summed E-state index contributed by atoms with van der Waals surface area (Å²) in [4.78, 5) is 11.6. The summed E-state index contributed by atoms with van der Waals surface area (Å²) in [5.41, 5.74) is 6.40. The summed E-state index contributed by atoms with van der Waals surface area (Å²) in [6, 6.07) is 5.26. The van der Waals surface area contributed by atoms with Gasteiger partial charge in [0.1, 0.15) is 11.4 Å². The number of nitrogens with one attached hydrogen (secondary N) is 1. The number of amides is 1. The number of carbonyl (C=O) groups excluding carboxylic acids is 1. The van der Waals surface area contributed by atoms with E-state index in [1.807, 2.05) is 39.0 Å². The fourth-order valence-corrected chi connectivity index (χ4v) is 1.94. The Kier molecular flexibility index (Phi) is 5.83. The highest BCUT2D eigenvalue weighted by atomic mass is 79.9. The highest BCUT2D eigenvalue weighted by molar-refractivity contribution is 9.10. The number of ether oxygens (including phenoxy) is 2. The predicted octanol–water partition coefficient (Wildman–Crippen LogP) is 2.98. The van der Waals surface area contributed by atoms with Gasteiger partial charge in [0.2, 0.25) is 0 Å². The van der Waals surface area contributed by atoms with Crippen LogP contribution in [0.3, 0.4) is 0 Å². The molecule has 1 aromatic rings. The van der Waals surface area contributed by atoms with Gasteiger partial charge in [0, 0.05) is 12.6 Å². The highest BCUT2D eigenvalue weighted by Crippen LogP contribution is 2.27. The van der Waals surface area contributed by atoms with Gasteiger partial charge in [-0.1, -0.05) is 6.07 Å². The summed E-state index contributed by atoms with van der Waals surface area (Å²) in [6.07, 6.45) is -0.475. The maximum absolute atomic E-state index is 11.6. The Morgan fingerprint density at radius 2 is 2.10 bits per heavy atom. The third-order valence-corrected chi connectivity index (χ3v) is 3.12. The number of hydrogen-bond donors (Lipinski definition) is 2. The van der Waals surface area contributed by atoms with Gasteiger partial charge in [-0.2, -0.15) is 0 Å². The molecule has 0 aromatic heterocycles. The summed E-state index contributed by atoms with van der Waals surface area (Å²) in [6.45, 7) is 5.73. The summed E-state index contributed by atoms with van der Waals surface area (Å²) in [5.74, 6) is 0.704. The Balaban J connectivity index is 2.59. The molecule has 1 unspecified atom stereocenters. The Morgan fingerprint density at radius 1 is 1.45 bits per heavy atom. The van der Waals surface area contributed by atoms with E-state index in [4.69, 9.17) is 15.2 Å². The number of hydrogen-bond acceptors (Lipinski definition) is 4. The number of benzene rings is 1. The molecule has 0 radical (unpaired) electrons. The lowest BCUT2D eigenvalue weighted by Gasteiger charge is -2.21. The van der Waals surface area contributed by atoms with E-state index < -0.39 is 11.7 Å². The van der Waals surface area contributed by atoms with Crippen molar-refractivity contribution in [2.24, 2.45) is 5.73 Å². The maximum Gasteiger partial charge on any atom is 0.407 e. The second-order valence-electron chi connectivity index (χ2n) is 5.38. The number of methoxy groups -OCH3 is 1. The van der Waals surface area contributed by atoms with E-state index in [0.717, 1.165) is 10.0 Å². The summed E-state index contributed by atoms with van der Waals surface area (Å²) in [5, 5.41) is 2.65. The number of carbonyl (C=O) groups is 1. The molecule has 0 spiro atoms. The molecule has 0 bridgehead atoms. The average molecular weight is 345 g/mol. The van der Waals surface area contributed by atoms with E-state index in [9.17, 15) is 4.79 Å². The smallest absolute Gasteiger partial charge is 0.407 e. The van der Waals surface area contributed by atoms with Crippen LogP contribution in [0.25, 0.3) is 0 Å². The fraction of sp³-hybridized carbons (Fsp3) is 0.500. The molecular weight excluding hydrogens is 324 g/mol. The van der Waals surface area contributed by atoms with Crippen LogP contribution in [0.15, 0.2) is 22.7 Å². The minimum Gasteiger partial charge on any atom is -0.496 e. The van der Waals surface area contributed by atoms with Crippen molar-refractivity contribution in [3.8, 4) is 5.75 Å². The van der Waals surface area contributed by atoms with Gasteiger partial charge < -0.3 is 20.5 Å². The quantitative estimate of drug-likeness (QED) is 0.880. The van der Waals surface area contributed by atoms with E-state index in [1.165, 1.54) is 0 Å². The van der Waals surface area contributed by atoms with Crippen LogP contribution in [0.1, 0.15) is 32.4 Å². The molecule has 3 N–H and O–H groups in total. The molecule has 0 aliphatic carbocycles. The molecule has 5 nitrogen and oxygen atoms in total. The molecule has 0 saturated heterocycles. The zero-order valence-electron chi connectivity index (χ0n) is 12.2.